The van der Waals surface area contributed by atoms with Gasteiger partial charge in [-0.2, -0.15) is 5.06 Å². The molecule has 2 spiro atoms. The van der Waals surface area contributed by atoms with Gasteiger partial charge in [-0.25, -0.2) is 4.79 Å². The highest BCUT2D eigenvalue weighted by Gasteiger charge is 2.58. The van der Waals surface area contributed by atoms with Gasteiger partial charge in [0.2, 0.25) is 0 Å². The summed E-state index contributed by atoms with van der Waals surface area (Å²) in [5.41, 5.74) is 0.405. The molecule has 1 saturated carbocycles. The third-order valence-electron chi connectivity index (χ3n) is 6.92. The fourth-order valence-electron chi connectivity index (χ4n) is 5.18. The van der Waals surface area contributed by atoms with Crippen LogP contribution in [0.25, 0.3) is 0 Å². The Bertz CT molecular complexity index is 825. The van der Waals surface area contributed by atoms with Crippen molar-refractivity contribution in [2.24, 2.45) is 0 Å². The lowest BCUT2D eigenvalue weighted by atomic mass is 9.75. The number of ether oxygens (including phenoxy) is 5. The van der Waals surface area contributed by atoms with Gasteiger partial charge in [-0.3, -0.25) is 9.63 Å². The molecule has 33 heavy (non-hydrogen) atoms. The average molecular weight is 464 g/mol. The maximum absolute atomic E-state index is 13.0. The molecule has 182 valence electrons. The van der Waals surface area contributed by atoms with Crippen LogP contribution in [0.1, 0.15) is 44.6 Å². The van der Waals surface area contributed by atoms with Crippen LogP contribution in [0.5, 0.6) is 5.75 Å². The quantitative estimate of drug-likeness (QED) is 0.565. The minimum absolute atomic E-state index is 0.267. The molecule has 4 rings (SSSR count). The molecule has 0 radical (unpaired) electrons. The van der Waals surface area contributed by atoms with Crippen molar-refractivity contribution < 1.29 is 38.1 Å². The normalized spacial score (nSPS) is 24.6. The number of rotatable bonds is 7. The topological polar surface area (TPSA) is 92.8 Å². The Kier molecular flexibility index (Phi) is 7.23. The van der Waals surface area contributed by atoms with E-state index in [1.54, 1.807) is 19.1 Å². The lowest BCUT2D eigenvalue weighted by Gasteiger charge is -2.46. The molecule has 3 fully saturated rings. The molecule has 0 unspecified atom stereocenters. The summed E-state index contributed by atoms with van der Waals surface area (Å²) in [5, 5.41) is 1.71. The fraction of sp³-hybridized carbons (Fsp3) is 0.667. The minimum Gasteiger partial charge on any atom is -0.497 e. The Hall–Kier alpha value is -2.20. The van der Waals surface area contributed by atoms with Crippen LogP contribution in [0.4, 0.5) is 0 Å². The van der Waals surface area contributed by atoms with Gasteiger partial charge in [0.15, 0.2) is 11.9 Å². The predicted molar refractivity (Wildman–Crippen MR) is 116 cm³/mol. The zero-order valence-electron chi connectivity index (χ0n) is 19.5. The van der Waals surface area contributed by atoms with Crippen molar-refractivity contribution in [3.8, 4) is 5.75 Å². The Balaban J connectivity index is 1.61. The number of nitrogens with zero attached hydrogens (tertiary/aromatic N) is 1. The van der Waals surface area contributed by atoms with E-state index in [-0.39, 0.29) is 6.61 Å². The van der Waals surface area contributed by atoms with E-state index in [4.69, 9.17) is 28.5 Å². The molecule has 0 amide bonds. The number of carbonyl (C=O) groups is 2. The molecule has 0 N–H and O–H groups in total. The molecule has 1 aliphatic carbocycles. The van der Waals surface area contributed by atoms with Crippen LogP contribution in [-0.4, -0.2) is 74.5 Å². The van der Waals surface area contributed by atoms with E-state index in [1.165, 1.54) is 7.11 Å². The maximum atomic E-state index is 13.0. The highest BCUT2D eigenvalue weighted by atomic mass is 16.7. The molecule has 0 bridgehead atoms. The van der Waals surface area contributed by atoms with Gasteiger partial charge in [0.1, 0.15) is 11.8 Å². The van der Waals surface area contributed by atoms with Crippen LogP contribution in [-0.2, 0) is 39.8 Å². The number of esters is 2. The Morgan fingerprint density at radius 3 is 2.33 bits per heavy atom. The molecule has 3 aliphatic rings. The van der Waals surface area contributed by atoms with Crippen LogP contribution < -0.4 is 4.74 Å². The molecule has 2 heterocycles. The highest BCUT2D eigenvalue weighted by molar-refractivity contribution is 5.77. The SMILES string of the molecule is CCOC(=O)[C@H]1CC2(CCC3(CC2)OCCO3)N([C@@H](Cc2ccc(OC)cc2)C(=O)OC)O1. The van der Waals surface area contributed by atoms with Crippen molar-refractivity contribution in [1.29, 1.82) is 0 Å². The van der Waals surface area contributed by atoms with Crippen molar-refractivity contribution >= 4 is 11.9 Å². The van der Waals surface area contributed by atoms with E-state index in [2.05, 4.69) is 0 Å². The highest BCUT2D eigenvalue weighted by Crippen LogP contribution is 2.49. The first-order chi connectivity index (χ1) is 15.9. The van der Waals surface area contributed by atoms with E-state index in [9.17, 15) is 9.59 Å². The van der Waals surface area contributed by atoms with Crippen LogP contribution in [0.3, 0.4) is 0 Å². The second-order valence-electron chi connectivity index (χ2n) is 8.80. The number of carbonyl (C=O) groups excluding carboxylic acids is 2. The standard InChI is InChI=1S/C24H33NO8/c1-4-30-22(27)20-16-23(9-11-24(12-10-23)31-13-14-32-24)25(33-20)19(21(26)29-3)15-17-5-7-18(28-2)8-6-17/h5-8,19-20H,4,9-16H2,1-3H3/t19-,20+/m0/s1. The van der Waals surface area contributed by atoms with Crippen molar-refractivity contribution in [1.82, 2.24) is 5.06 Å². The fourth-order valence-corrected chi connectivity index (χ4v) is 5.18. The van der Waals surface area contributed by atoms with Crippen LogP contribution in [0, 0.1) is 0 Å². The molecule has 2 saturated heterocycles. The van der Waals surface area contributed by atoms with Crippen molar-refractivity contribution in [3.05, 3.63) is 29.8 Å². The average Bonchev–Trinajstić information content (AvgIpc) is 3.45. The summed E-state index contributed by atoms with van der Waals surface area (Å²) >= 11 is 0. The van der Waals surface area contributed by atoms with Gasteiger partial charge in [-0.1, -0.05) is 12.1 Å². The molecule has 1 aromatic carbocycles. The van der Waals surface area contributed by atoms with Gasteiger partial charge in [0.05, 0.1) is 39.6 Å². The van der Waals surface area contributed by atoms with E-state index in [1.807, 2.05) is 24.3 Å². The van der Waals surface area contributed by atoms with Gasteiger partial charge >= 0.3 is 11.9 Å². The second-order valence-corrected chi connectivity index (χ2v) is 8.80. The first kappa shape index (κ1) is 23.9. The molecular weight excluding hydrogens is 430 g/mol. The van der Waals surface area contributed by atoms with Crippen LogP contribution in [0.15, 0.2) is 24.3 Å². The summed E-state index contributed by atoms with van der Waals surface area (Å²) in [7, 11) is 2.97. The van der Waals surface area contributed by atoms with Gasteiger partial charge in [0.25, 0.3) is 0 Å². The van der Waals surface area contributed by atoms with E-state index in [0.29, 0.717) is 51.7 Å². The Labute approximate surface area is 194 Å². The zero-order chi connectivity index (χ0) is 23.5. The van der Waals surface area contributed by atoms with Crippen LogP contribution in [0.2, 0.25) is 0 Å². The smallest absolute Gasteiger partial charge is 0.337 e. The lowest BCUT2D eigenvalue weighted by molar-refractivity contribution is -0.249. The molecular formula is C24H33NO8. The number of benzene rings is 1. The Morgan fingerprint density at radius 2 is 1.76 bits per heavy atom. The molecule has 2 aliphatic heterocycles. The third kappa shape index (κ3) is 4.87. The molecule has 1 aromatic rings. The third-order valence-corrected chi connectivity index (χ3v) is 6.92. The molecule has 0 aromatic heterocycles. The summed E-state index contributed by atoms with van der Waals surface area (Å²) < 4.78 is 27.4. The summed E-state index contributed by atoms with van der Waals surface area (Å²) in [4.78, 5) is 31.7. The first-order valence-corrected chi connectivity index (χ1v) is 11.6. The van der Waals surface area contributed by atoms with Gasteiger partial charge in [-0.15, -0.1) is 0 Å². The summed E-state index contributed by atoms with van der Waals surface area (Å²) in [5.74, 6) is -0.668. The van der Waals surface area contributed by atoms with E-state index in [0.717, 1.165) is 11.3 Å². The van der Waals surface area contributed by atoms with Crippen molar-refractivity contribution in [2.75, 3.05) is 34.0 Å². The minimum atomic E-state index is -0.771. The number of hydroxylamine groups is 2. The lowest BCUT2D eigenvalue weighted by Crippen LogP contribution is -2.56. The Morgan fingerprint density at radius 1 is 1.09 bits per heavy atom. The van der Waals surface area contributed by atoms with E-state index < -0.39 is 35.4 Å². The van der Waals surface area contributed by atoms with Gasteiger partial charge in [0, 0.05) is 25.7 Å². The summed E-state index contributed by atoms with van der Waals surface area (Å²) in [6, 6.07) is 6.81. The summed E-state index contributed by atoms with van der Waals surface area (Å²) in [6.45, 7) is 3.20. The number of hydrogen-bond acceptors (Lipinski definition) is 9. The molecule has 9 heteroatoms. The molecule has 2 atom stereocenters. The van der Waals surface area contributed by atoms with Gasteiger partial charge in [-0.05, 0) is 37.5 Å². The largest absolute Gasteiger partial charge is 0.497 e. The zero-order valence-corrected chi connectivity index (χ0v) is 19.5. The summed E-state index contributed by atoms with van der Waals surface area (Å²) in [6.07, 6.45) is 2.70. The number of methoxy groups -OCH3 is 2. The van der Waals surface area contributed by atoms with Gasteiger partial charge < -0.3 is 23.7 Å². The maximum Gasteiger partial charge on any atom is 0.337 e. The number of hydrogen-bond donors (Lipinski definition) is 0. The predicted octanol–water partition coefficient (Wildman–Crippen LogP) is 2.40. The van der Waals surface area contributed by atoms with Crippen molar-refractivity contribution in [2.45, 2.75) is 68.9 Å². The van der Waals surface area contributed by atoms with E-state index >= 15 is 0 Å². The molecule has 9 nitrogen and oxygen atoms in total. The second kappa shape index (κ2) is 9.97. The van der Waals surface area contributed by atoms with Crippen molar-refractivity contribution in [3.63, 3.8) is 0 Å². The monoisotopic (exact) mass is 463 g/mol. The first-order valence-electron chi connectivity index (χ1n) is 11.6. The van der Waals surface area contributed by atoms with Crippen LogP contribution >= 0.6 is 0 Å².